The number of methoxy groups -OCH3 is 1. The molecule has 0 saturated carbocycles. The minimum absolute atomic E-state index is 0.143. The van der Waals surface area contributed by atoms with Gasteiger partial charge in [-0.3, -0.25) is 9.69 Å². The number of carbonyl (C=O) groups excluding carboxylic acids is 1. The molecule has 1 aliphatic heterocycles. The Balaban J connectivity index is 2.18. The van der Waals surface area contributed by atoms with Crippen molar-refractivity contribution in [3.8, 4) is 5.75 Å². The van der Waals surface area contributed by atoms with Gasteiger partial charge in [-0.15, -0.1) is 0 Å². The standard InChI is InChI=1S/C12H13BrFN3O4/c1-21-8-2-3-9(13)15-10(8)16-11(18)7-4-6(14)5-17(7)12(19)20/h2-3,6-7H,4-5H2,1H3,(H,19,20)(H,15,16,18)/t6-,7+/m1/s1. The van der Waals surface area contributed by atoms with Gasteiger partial charge in [0.15, 0.2) is 11.6 Å². The van der Waals surface area contributed by atoms with Gasteiger partial charge < -0.3 is 15.2 Å². The molecule has 2 amide bonds. The van der Waals surface area contributed by atoms with Crippen molar-refractivity contribution in [1.29, 1.82) is 0 Å². The summed E-state index contributed by atoms with van der Waals surface area (Å²) >= 11 is 3.16. The van der Waals surface area contributed by atoms with Crippen molar-refractivity contribution in [3.63, 3.8) is 0 Å². The highest BCUT2D eigenvalue weighted by molar-refractivity contribution is 9.10. The van der Waals surface area contributed by atoms with Gasteiger partial charge in [-0.25, -0.2) is 14.2 Å². The van der Waals surface area contributed by atoms with E-state index in [-0.39, 0.29) is 18.8 Å². The first-order valence-corrected chi connectivity index (χ1v) is 6.86. The van der Waals surface area contributed by atoms with E-state index in [2.05, 4.69) is 26.2 Å². The van der Waals surface area contributed by atoms with Crippen LogP contribution in [0.25, 0.3) is 0 Å². The Morgan fingerprint density at radius 2 is 2.29 bits per heavy atom. The zero-order chi connectivity index (χ0) is 15.6. The molecule has 1 saturated heterocycles. The summed E-state index contributed by atoms with van der Waals surface area (Å²) in [5, 5.41) is 11.5. The maximum Gasteiger partial charge on any atom is 0.408 e. The fourth-order valence-corrected chi connectivity index (χ4v) is 2.43. The Morgan fingerprint density at radius 1 is 1.57 bits per heavy atom. The van der Waals surface area contributed by atoms with E-state index in [0.29, 0.717) is 10.4 Å². The Labute approximate surface area is 128 Å². The number of aromatic nitrogens is 1. The molecular weight excluding hydrogens is 349 g/mol. The first-order chi connectivity index (χ1) is 9.92. The highest BCUT2D eigenvalue weighted by Gasteiger charge is 2.40. The maximum absolute atomic E-state index is 13.4. The molecule has 2 atom stereocenters. The molecule has 2 rings (SSSR count). The van der Waals surface area contributed by atoms with Crippen molar-refractivity contribution < 1.29 is 23.8 Å². The minimum Gasteiger partial charge on any atom is -0.493 e. The van der Waals surface area contributed by atoms with Crippen LogP contribution >= 0.6 is 15.9 Å². The molecule has 0 bridgehead atoms. The number of nitrogens with zero attached hydrogens (tertiary/aromatic N) is 2. The summed E-state index contributed by atoms with van der Waals surface area (Å²) in [6, 6.07) is 2.14. The molecule has 2 heterocycles. The lowest BCUT2D eigenvalue weighted by Gasteiger charge is -2.20. The molecule has 0 spiro atoms. The highest BCUT2D eigenvalue weighted by atomic mass is 79.9. The molecule has 2 N–H and O–H groups in total. The van der Waals surface area contributed by atoms with E-state index in [4.69, 9.17) is 9.84 Å². The maximum atomic E-state index is 13.4. The topological polar surface area (TPSA) is 91.8 Å². The Bertz CT molecular complexity index is 571. The van der Waals surface area contributed by atoms with Crippen molar-refractivity contribution in [1.82, 2.24) is 9.88 Å². The SMILES string of the molecule is COc1ccc(Br)nc1NC(=O)[C@@H]1C[C@@H](F)CN1C(=O)O. The molecule has 0 aliphatic carbocycles. The van der Waals surface area contributed by atoms with Crippen LogP contribution in [0.15, 0.2) is 16.7 Å². The molecule has 0 aromatic carbocycles. The largest absolute Gasteiger partial charge is 0.493 e. The summed E-state index contributed by atoms with van der Waals surface area (Å²) in [5.41, 5.74) is 0. The molecule has 1 aromatic rings. The average molecular weight is 362 g/mol. The van der Waals surface area contributed by atoms with Crippen molar-refractivity contribution in [2.45, 2.75) is 18.6 Å². The monoisotopic (exact) mass is 361 g/mol. The van der Waals surface area contributed by atoms with Crippen LogP contribution in [-0.4, -0.2) is 52.9 Å². The van der Waals surface area contributed by atoms with Crippen LogP contribution in [0.4, 0.5) is 15.0 Å². The Hall–Kier alpha value is -1.90. The molecule has 1 aliphatic rings. The third kappa shape index (κ3) is 3.41. The molecule has 0 radical (unpaired) electrons. The van der Waals surface area contributed by atoms with Crippen LogP contribution in [0.5, 0.6) is 5.75 Å². The van der Waals surface area contributed by atoms with Gasteiger partial charge in [-0.1, -0.05) is 0 Å². The smallest absolute Gasteiger partial charge is 0.408 e. The van der Waals surface area contributed by atoms with E-state index in [1.165, 1.54) is 7.11 Å². The second-order valence-electron chi connectivity index (χ2n) is 4.46. The molecule has 21 heavy (non-hydrogen) atoms. The molecule has 1 fully saturated rings. The van der Waals surface area contributed by atoms with Gasteiger partial charge in [-0.2, -0.15) is 0 Å². The Morgan fingerprint density at radius 3 is 2.90 bits per heavy atom. The van der Waals surface area contributed by atoms with Gasteiger partial charge in [0.2, 0.25) is 5.91 Å². The summed E-state index contributed by atoms with van der Waals surface area (Å²) in [6.07, 6.45) is -2.85. The van der Waals surface area contributed by atoms with E-state index in [1.54, 1.807) is 12.1 Å². The van der Waals surface area contributed by atoms with Gasteiger partial charge >= 0.3 is 6.09 Å². The summed E-state index contributed by atoms with van der Waals surface area (Å²) in [4.78, 5) is 28.0. The van der Waals surface area contributed by atoms with E-state index in [1.807, 2.05) is 0 Å². The predicted molar refractivity (Wildman–Crippen MR) is 75.2 cm³/mol. The van der Waals surface area contributed by atoms with Gasteiger partial charge in [0.05, 0.1) is 13.7 Å². The highest BCUT2D eigenvalue weighted by Crippen LogP contribution is 2.26. The molecular formula is C12H13BrFN3O4. The number of hydrogen-bond acceptors (Lipinski definition) is 4. The number of amides is 2. The first-order valence-electron chi connectivity index (χ1n) is 6.07. The van der Waals surface area contributed by atoms with Gasteiger partial charge in [0.25, 0.3) is 0 Å². The summed E-state index contributed by atoms with van der Waals surface area (Å²) in [5.74, 6) is -0.172. The van der Waals surface area contributed by atoms with E-state index in [0.717, 1.165) is 4.90 Å². The van der Waals surface area contributed by atoms with E-state index >= 15 is 0 Å². The lowest BCUT2D eigenvalue weighted by molar-refractivity contribution is -0.120. The zero-order valence-corrected chi connectivity index (χ0v) is 12.6. The molecule has 114 valence electrons. The fraction of sp³-hybridized carbons (Fsp3) is 0.417. The number of ether oxygens (including phenoxy) is 1. The second kappa shape index (κ2) is 6.25. The number of alkyl halides is 1. The second-order valence-corrected chi connectivity index (χ2v) is 5.27. The normalized spacial score (nSPS) is 21.2. The van der Waals surface area contributed by atoms with Crippen LogP contribution < -0.4 is 10.1 Å². The number of halogens is 2. The molecule has 7 nitrogen and oxygen atoms in total. The number of anilines is 1. The van der Waals surface area contributed by atoms with Gasteiger partial charge in [0.1, 0.15) is 16.8 Å². The van der Waals surface area contributed by atoms with Crippen molar-refractivity contribution >= 4 is 33.7 Å². The molecule has 1 aromatic heterocycles. The number of likely N-dealkylation sites (tertiary alicyclic amines) is 1. The summed E-state index contributed by atoms with van der Waals surface area (Å²) < 4.78 is 18.9. The number of rotatable bonds is 3. The first kappa shape index (κ1) is 15.5. The van der Waals surface area contributed by atoms with Crippen molar-refractivity contribution in [3.05, 3.63) is 16.7 Å². The lowest BCUT2D eigenvalue weighted by Crippen LogP contribution is -2.42. The number of pyridine rings is 1. The quantitative estimate of drug-likeness (QED) is 0.802. The molecule has 9 heteroatoms. The van der Waals surface area contributed by atoms with Crippen molar-refractivity contribution in [2.24, 2.45) is 0 Å². The summed E-state index contributed by atoms with van der Waals surface area (Å²) in [7, 11) is 1.41. The van der Waals surface area contributed by atoms with Crippen molar-refractivity contribution in [2.75, 3.05) is 19.0 Å². The van der Waals surface area contributed by atoms with Gasteiger partial charge in [-0.05, 0) is 28.1 Å². The summed E-state index contributed by atoms with van der Waals surface area (Å²) in [6.45, 7) is -0.309. The lowest BCUT2D eigenvalue weighted by atomic mass is 10.2. The molecule has 0 unspecified atom stereocenters. The third-order valence-corrected chi connectivity index (χ3v) is 3.53. The number of carbonyl (C=O) groups is 2. The number of nitrogens with one attached hydrogen (secondary N) is 1. The number of carboxylic acid groups (broad SMARTS) is 1. The zero-order valence-electron chi connectivity index (χ0n) is 11.0. The average Bonchev–Trinajstić information content (AvgIpc) is 2.81. The van der Waals surface area contributed by atoms with Crippen LogP contribution in [0.3, 0.4) is 0 Å². The van der Waals surface area contributed by atoms with Crippen LogP contribution in [0, 0.1) is 0 Å². The number of hydrogen-bond donors (Lipinski definition) is 2. The van der Waals surface area contributed by atoms with E-state index in [9.17, 15) is 14.0 Å². The fourth-order valence-electron chi connectivity index (χ4n) is 2.12. The van der Waals surface area contributed by atoms with Crippen LogP contribution in [-0.2, 0) is 4.79 Å². The van der Waals surface area contributed by atoms with E-state index < -0.39 is 24.2 Å². The van der Waals surface area contributed by atoms with Crippen LogP contribution in [0.1, 0.15) is 6.42 Å². The van der Waals surface area contributed by atoms with Gasteiger partial charge in [0, 0.05) is 6.42 Å². The predicted octanol–water partition coefficient (Wildman–Crippen LogP) is 1.88. The third-order valence-electron chi connectivity index (χ3n) is 3.08. The van der Waals surface area contributed by atoms with Crippen LogP contribution in [0.2, 0.25) is 0 Å². The Kier molecular flexibility index (Phi) is 4.61. The minimum atomic E-state index is -1.35.